The number of benzene rings is 2. The molecule has 0 saturated heterocycles. The Morgan fingerprint density at radius 1 is 1.35 bits per heavy atom. The van der Waals surface area contributed by atoms with E-state index in [1.54, 1.807) is 0 Å². The first kappa shape index (κ1) is 16.7. The van der Waals surface area contributed by atoms with E-state index in [1.807, 2.05) is 0 Å². The molecule has 2 rings (SSSR count). The third-order valence-electron chi connectivity index (χ3n) is 2.79. The van der Waals surface area contributed by atoms with Crippen molar-refractivity contribution in [1.82, 2.24) is 0 Å². The molecule has 0 radical (unpaired) electrons. The number of nitro benzene ring substituents is 1. The van der Waals surface area contributed by atoms with Gasteiger partial charge in [-0.2, -0.15) is 4.89 Å². The molecule has 0 unspecified atom stereocenters. The van der Waals surface area contributed by atoms with E-state index in [-0.39, 0.29) is 22.0 Å². The van der Waals surface area contributed by atoms with Gasteiger partial charge in [-0.25, -0.2) is 4.39 Å². The molecule has 7 nitrogen and oxygen atoms in total. The van der Waals surface area contributed by atoms with Gasteiger partial charge in [-0.1, -0.05) is 23.7 Å². The predicted octanol–water partition coefficient (Wildman–Crippen LogP) is 3.58. The third kappa shape index (κ3) is 3.74. The lowest BCUT2D eigenvalue weighted by molar-refractivity contribution is -0.385. The summed E-state index contributed by atoms with van der Waals surface area (Å²) >= 11 is 5.75. The Bertz CT molecular complexity index is 769. The Hall–Kier alpha value is -2.71. The summed E-state index contributed by atoms with van der Waals surface area (Å²) in [6, 6.07) is 7.33. The molecule has 0 aliphatic rings. The van der Waals surface area contributed by atoms with Gasteiger partial charge in [-0.3, -0.25) is 14.9 Å². The van der Waals surface area contributed by atoms with Gasteiger partial charge >= 0.3 is 0 Å². The predicted molar refractivity (Wildman–Crippen MR) is 80.1 cm³/mol. The highest BCUT2D eigenvalue weighted by Gasteiger charge is 2.21. The lowest BCUT2D eigenvalue weighted by Gasteiger charge is -2.10. The molecular weight excluding hydrogens is 331 g/mol. The van der Waals surface area contributed by atoms with Crippen molar-refractivity contribution < 1.29 is 23.9 Å². The fourth-order valence-electron chi connectivity index (χ4n) is 1.79. The summed E-state index contributed by atoms with van der Waals surface area (Å²) in [6.45, 7) is 0. The fourth-order valence-corrected chi connectivity index (χ4v) is 1.97. The average molecular weight is 341 g/mol. The van der Waals surface area contributed by atoms with Gasteiger partial charge in [0.15, 0.2) is 5.75 Å². The van der Waals surface area contributed by atoms with Crippen LogP contribution in [-0.2, 0) is 4.89 Å². The maximum atomic E-state index is 13.9. The maximum Gasteiger partial charge on any atom is 0.282 e. The van der Waals surface area contributed by atoms with Gasteiger partial charge in [0.2, 0.25) is 0 Å². The molecule has 0 aliphatic heterocycles. The van der Waals surface area contributed by atoms with E-state index in [1.165, 1.54) is 31.4 Å². The van der Waals surface area contributed by atoms with Crippen molar-refractivity contribution in [3.05, 3.63) is 62.9 Å². The molecule has 120 valence electrons. The number of carbonyl (C=O) groups excluding carboxylic acids is 1. The summed E-state index contributed by atoms with van der Waals surface area (Å²) in [5.74, 6) is -1.69. The first-order valence-corrected chi connectivity index (χ1v) is 6.56. The molecule has 2 aromatic carbocycles. The van der Waals surface area contributed by atoms with Crippen molar-refractivity contribution in [2.45, 2.75) is 0 Å². The molecular formula is C14H10ClFN2O5. The van der Waals surface area contributed by atoms with Gasteiger partial charge in [0.1, 0.15) is 11.4 Å². The number of hydrogen-bond donors (Lipinski definition) is 1. The van der Waals surface area contributed by atoms with Crippen LogP contribution in [0.1, 0.15) is 10.4 Å². The Balaban J connectivity index is 2.34. The van der Waals surface area contributed by atoms with Crippen molar-refractivity contribution >= 4 is 28.9 Å². The van der Waals surface area contributed by atoms with E-state index in [0.717, 1.165) is 12.1 Å². The molecule has 23 heavy (non-hydrogen) atoms. The van der Waals surface area contributed by atoms with Crippen molar-refractivity contribution in [3.8, 4) is 5.75 Å². The zero-order valence-corrected chi connectivity index (χ0v) is 12.5. The van der Waals surface area contributed by atoms with Gasteiger partial charge in [-0.05, 0) is 12.1 Å². The van der Waals surface area contributed by atoms with Gasteiger partial charge < -0.3 is 10.2 Å². The smallest absolute Gasteiger partial charge is 0.282 e. The van der Waals surface area contributed by atoms with E-state index >= 15 is 0 Å². The quantitative estimate of drug-likeness (QED) is 0.510. The van der Waals surface area contributed by atoms with Crippen LogP contribution in [-0.4, -0.2) is 17.9 Å². The number of para-hydroxylation sites is 1. The van der Waals surface area contributed by atoms with Gasteiger partial charge in [-0.15, -0.1) is 0 Å². The van der Waals surface area contributed by atoms with Crippen LogP contribution in [0.25, 0.3) is 0 Å². The molecule has 1 amide bonds. The van der Waals surface area contributed by atoms with Crippen LogP contribution in [0.3, 0.4) is 0 Å². The number of nitrogens with zero attached hydrogens (tertiary/aromatic N) is 1. The first-order valence-electron chi connectivity index (χ1n) is 6.18. The maximum absolute atomic E-state index is 13.9. The Morgan fingerprint density at radius 3 is 2.70 bits per heavy atom. The van der Waals surface area contributed by atoms with E-state index in [0.29, 0.717) is 0 Å². The van der Waals surface area contributed by atoms with Crippen molar-refractivity contribution in [2.24, 2.45) is 0 Å². The van der Waals surface area contributed by atoms with Crippen LogP contribution in [0.15, 0.2) is 36.4 Å². The molecule has 0 atom stereocenters. The highest BCUT2D eigenvalue weighted by Crippen LogP contribution is 2.31. The van der Waals surface area contributed by atoms with Crippen LogP contribution in [0, 0.1) is 15.9 Å². The number of halogens is 2. The SMILES string of the molecule is COOc1cc(NC(=O)c2ccccc2[N+](=O)[O-])c(F)cc1Cl. The van der Waals surface area contributed by atoms with E-state index in [9.17, 15) is 19.3 Å². The lowest BCUT2D eigenvalue weighted by Crippen LogP contribution is -2.15. The van der Waals surface area contributed by atoms with Gasteiger partial charge in [0, 0.05) is 12.1 Å². The molecule has 0 saturated carbocycles. The number of anilines is 1. The second-order valence-electron chi connectivity index (χ2n) is 4.24. The average Bonchev–Trinajstić information content (AvgIpc) is 2.52. The van der Waals surface area contributed by atoms with Crippen LogP contribution >= 0.6 is 11.6 Å². The van der Waals surface area contributed by atoms with Crippen LogP contribution in [0.2, 0.25) is 5.02 Å². The Morgan fingerprint density at radius 2 is 2.04 bits per heavy atom. The molecule has 0 spiro atoms. The number of rotatable bonds is 5. The number of nitrogens with one attached hydrogen (secondary N) is 1. The molecule has 9 heteroatoms. The molecule has 0 aromatic heterocycles. The summed E-state index contributed by atoms with van der Waals surface area (Å²) in [5, 5.41) is 13.1. The monoisotopic (exact) mass is 340 g/mol. The minimum Gasteiger partial charge on any atom is -0.336 e. The van der Waals surface area contributed by atoms with E-state index in [4.69, 9.17) is 16.5 Å². The van der Waals surface area contributed by atoms with E-state index in [2.05, 4.69) is 10.2 Å². The number of nitro groups is 1. The number of amides is 1. The summed E-state index contributed by atoms with van der Waals surface area (Å²) in [4.78, 5) is 31.5. The Labute approximate surface area is 134 Å². The first-order chi connectivity index (χ1) is 10.9. The summed E-state index contributed by atoms with van der Waals surface area (Å²) in [5.41, 5.74) is -0.863. The topological polar surface area (TPSA) is 90.7 Å². The molecule has 0 bridgehead atoms. The van der Waals surface area contributed by atoms with Crippen LogP contribution in [0.4, 0.5) is 15.8 Å². The summed E-state index contributed by atoms with van der Waals surface area (Å²) < 4.78 is 13.9. The normalized spacial score (nSPS) is 10.2. The molecule has 0 aliphatic carbocycles. The minimum absolute atomic E-state index is 0.0200. The second-order valence-corrected chi connectivity index (χ2v) is 4.65. The fraction of sp³-hybridized carbons (Fsp3) is 0.0714. The van der Waals surface area contributed by atoms with Crippen LogP contribution < -0.4 is 10.2 Å². The molecule has 0 heterocycles. The van der Waals surface area contributed by atoms with Gasteiger partial charge in [0.25, 0.3) is 11.6 Å². The van der Waals surface area contributed by atoms with Crippen molar-refractivity contribution in [3.63, 3.8) is 0 Å². The Kier molecular flexibility index (Phi) is 5.09. The molecule has 2 aromatic rings. The van der Waals surface area contributed by atoms with Crippen molar-refractivity contribution in [1.29, 1.82) is 0 Å². The van der Waals surface area contributed by atoms with E-state index < -0.39 is 22.3 Å². The number of carbonyl (C=O) groups is 1. The second kappa shape index (κ2) is 7.03. The minimum atomic E-state index is -0.845. The standard InChI is InChI=1S/C14H10ClFN2O5/c1-22-23-13-7-11(10(16)6-9(13)15)17-14(19)8-4-2-3-5-12(8)18(20)21/h2-7H,1H3,(H,17,19). The zero-order chi connectivity index (χ0) is 17.0. The lowest BCUT2D eigenvalue weighted by atomic mass is 10.1. The van der Waals surface area contributed by atoms with Crippen LogP contribution in [0.5, 0.6) is 5.75 Å². The third-order valence-corrected chi connectivity index (χ3v) is 3.08. The highest BCUT2D eigenvalue weighted by atomic mass is 35.5. The summed E-state index contributed by atoms with van der Waals surface area (Å²) in [7, 11) is 1.23. The van der Waals surface area contributed by atoms with Crippen molar-refractivity contribution in [2.75, 3.05) is 12.4 Å². The highest BCUT2D eigenvalue weighted by molar-refractivity contribution is 6.32. The number of hydrogen-bond acceptors (Lipinski definition) is 5. The molecule has 1 N–H and O–H groups in total. The zero-order valence-electron chi connectivity index (χ0n) is 11.7. The molecule has 0 fully saturated rings. The van der Waals surface area contributed by atoms with Gasteiger partial charge in [0.05, 0.1) is 22.7 Å². The largest absolute Gasteiger partial charge is 0.336 e. The summed E-state index contributed by atoms with van der Waals surface area (Å²) in [6.07, 6.45) is 0.